The molecule has 142 valence electrons. The fourth-order valence-electron chi connectivity index (χ4n) is 3.16. The minimum Gasteiger partial charge on any atom is -0.367 e. The molecule has 0 aromatic heterocycles. The van der Waals surface area contributed by atoms with E-state index in [9.17, 15) is 4.79 Å². The van der Waals surface area contributed by atoms with E-state index in [1.165, 1.54) is 16.8 Å². The van der Waals surface area contributed by atoms with Gasteiger partial charge in [0, 0.05) is 24.5 Å². The van der Waals surface area contributed by atoms with E-state index in [1.54, 1.807) is 0 Å². The number of hydrogen-bond acceptors (Lipinski definition) is 3. The topological polar surface area (TPSA) is 58.4 Å². The summed E-state index contributed by atoms with van der Waals surface area (Å²) in [5, 5.41) is 2.89. The molecular formula is C20H27Cl2N3O. The van der Waals surface area contributed by atoms with E-state index >= 15 is 0 Å². The van der Waals surface area contributed by atoms with Gasteiger partial charge >= 0.3 is 0 Å². The van der Waals surface area contributed by atoms with Crippen molar-refractivity contribution in [3.05, 3.63) is 59.7 Å². The molecule has 4 nitrogen and oxygen atoms in total. The number of carbonyl (C=O) groups excluding carboxylic acids is 1. The number of benzene rings is 2. The Morgan fingerprint density at radius 2 is 1.85 bits per heavy atom. The summed E-state index contributed by atoms with van der Waals surface area (Å²) in [6.45, 7) is 3.97. The van der Waals surface area contributed by atoms with Crippen molar-refractivity contribution in [2.24, 2.45) is 5.73 Å². The first-order valence-corrected chi connectivity index (χ1v) is 8.65. The maximum atomic E-state index is 12.0. The van der Waals surface area contributed by atoms with Gasteiger partial charge in [0.15, 0.2) is 0 Å². The van der Waals surface area contributed by atoms with Crippen molar-refractivity contribution in [1.82, 2.24) is 0 Å². The molecule has 3 N–H and O–H groups in total. The van der Waals surface area contributed by atoms with Crippen molar-refractivity contribution < 1.29 is 4.79 Å². The first kappa shape index (κ1) is 22.3. The second kappa shape index (κ2) is 10.4. The smallest absolute Gasteiger partial charge is 0.241 e. The summed E-state index contributed by atoms with van der Waals surface area (Å²) in [6.07, 6.45) is 2.72. The van der Waals surface area contributed by atoms with Crippen LogP contribution in [-0.2, 0) is 17.8 Å². The Hall–Kier alpha value is -1.75. The quantitative estimate of drug-likeness (QED) is 0.771. The van der Waals surface area contributed by atoms with Crippen molar-refractivity contribution in [3.63, 3.8) is 0 Å². The Morgan fingerprint density at radius 1 is 1.15 bits per heavy atom. The van der Waals surface area contributed by atoms with Gasteiger partial charge in [0.2, 0.25) is 5.91 Å². The molecule has 1 heterocycles. The zero-order valence-corrected chi connectivity index (χ0v) is 16.6. The molecule has 0 aliphatic carbocycles. The third-order valence-corrected chi connectivity index (χ3v) is 4.51. The van der Waals surface area contributed by atoms with Crippen molar-refractivity contribution in [3.8, 4) is 0 Å². The standard InChI is InChI=1S/C20H25N3O.2ClH/c1-2-5-18(21)20(24)22-17-10-8-15(9-11-17)14-23-13-12-16-6-3-4-7-19(16)23;;/h3-4,6-11,18H,2,5,12-14,21H2,1H3,(H,22,24);2*1H. The van der Waals surface area contributed by atoms with Crippen LogP contribution >= 0.6 is 24.8 Å². The van der Waals surface area contributed by atoms with E-state index in [-0.39, 0.29) is 30.7 Å². The van der Waals surface area contributed by atoms with E-state index in [0.29, 0.717) is 6.42 Å². The number of hydrogen-bond donors (Lipinski definition) is 2. The largest absolute Gasteiger partial charge is 0.367 e. The number of nitrogens with two attached hydrogens (primary N) is 1. The minimum absolute atomic E-state index is 0. The summed E-state index contributed by atoms with van der Waals surface area (Å²) in [5.41, 5.74) is 10.6. The summed E-state index contributed by atoms with van der Waals surface area (Å²) >= 11 is 0. The molecule has 0 spiro atoms. The lowest BCUT2D eigenvalue weighted by molar-refractivity contribution is -0.117. The molecule has 0 saturated heterocycles. The second-order valence-electron chi connectivity index (χ2n) is 6.38. The molecular weight excluding hydrogens is 369 g/mol. The van der Waals surface area contributed by atoms with E-state index in [2.05, 4.69) is 46.6 Å². The number of carbonyl (C=O) groups is 1. The van der Waals surface area contributed by atoms with Crippen LogP contribution in [0.4, 0.5) is 11.4 Å². The molecule has 1 atom stereocenters. The average Bonchev–Trinajstić information content (AvgIpc) is 3.00. The Labute approximate surface area is 168 Å². The van der Waals surface area contributed by atoms with Crippen molar-refractivity contribution in [2.45, 2.75) is 38.8 Å². The minimum atomic E-state index is -0.434. The third-order valence-electron chi connectivity index (χ3n) is 4.51. The van der Waals surface area contributed by atoms with Gasteiger partial charge < -0.3 is 16.0 Å². The number of anilines is 2. The SMILES string of the molecule is CCCC(N)C(=O)Nc1ccc(CN2CCc3ccccc32)cc1.Cl.Cl. The molecule has 0 radical (unpaired) electrons. The zero-order chi connectivity index (χ0) is 16.9. The predicted molar refractivity (Wildman–Crippen MR) is 114 cm³/mol. The van der Waals surface area contributed by atoms with Crippen LogP contribution in [0.15, 0.2) is 48.5 Å². The highest BCUT2D eigenvalue weighted by molar-refractivity contribution is 5.94. The lowest BCUT2D eigenvalue weighted by Crippen LogP contribution is -2.35. The second-order valence-corrected chi connectivity index (χ2v) is 6.38. The van der Waals surface area contributed by atoms with Crippen LogP contribution in [0, 0.1) is 0 Å². The van der Waals surface area contributed by atoms with Gasteiger partial charge in [0.05, 0.1) is 6.04 Å². The summed E-state index contributed by atoms with van der Waals surface area (Å²) in [4.78, 5) is 14.4. The van der Waals surface area contributed by atoms with Gasteiger partial charge in [-0.25, -0.2) is 0 Å². The van der Waals surface area contributed by atoms with E-state index < -0.39 is 6.04 Å². The number of para-hydroxylation sites is 1. The van der Waals surface area contributed by atoms with Gasteiger partial charge in [0.25, 0.3) is 0 Å². The Balaban J connectivity index is 0.00000169. The number of amides is 1. The molecule has 1 unspecified atom stereocenters. The summed E-state index contributed by atoms with van der Waals surface area (Å²) in [5.74, 6) is -0.113. The van der Waals surface area contributed by atoms with Crippen molar-refractivity contribution >= 4 is 42.1 Å². The van der Waals surface area contributed by atoms with Gasteiger partial charge in [0.1, 0.15) is 0 Å². The summed E-state index contributed by atoms with van der Waals surface area (Å²) in [6, 6.07) is 16.2. The number of nitrogens with one attached hydrogen (secondary N) is 1. The van der Waals surface area contributed by atoms with Crippen LogP contribution < -0.4 is 16.0 Å². The number of rotatable bonds is 6. The summed E-state index contributed by atoms with van der Waals surface area (Å²) in [7, 11) is 0. The van der Waals surface area contributed by atoms with E-state index in [1.807, 2.05) is 19.1 Å². The molecule has 1 aliphatic rings. The van der Waals surface area contributed by atoms with Crippen molar-refractivity contribution in [2.75, 3.05) is 16.8 Å². The molecule has 0 fully saturated rings. The van der Waals surface area contributed by atoms with Crippen LogP contribution in [0.3, 0.4) is 0 Å². The first-order valence-electron chi connectivity index (χ1n) is 8.65. The van der Waals surface area contributed by atoms with Crippen LogP contribution in [0.1, 0.15) is 30.9 Å². The highest BCUT2D eigenvalue weighted by Gasteiger charge is 2.18. The van der Waals surface area contributed by atoms with E-state index in [0.717, 1.165) is 31.6 Å². The Kier molecular flexibility index (Phi) is 8.93. The molecule has 1 amide bonds. The molecule has 26 heavy (non-hydrogen) atoms. The normalized spacial score (nSPS) is 13.2. The molecule has 3 rings (SSSR count). The Morgan fingerprint density at radius 3 is 2.54 bits per heavy atom. The summed E-state index contributed by atoms with van der Waals surface area (Å²) < 4.78 is 0. The maximum Gasteiger partial charge on any atom is 0.241 e. The number of fused-ring (bicyclic) bond motifs is 1. The molecule has 2 aromatic carbocycles. The first-order chi connectivity index (χ1) is 11.7. The van der Waals surface area contributed by atoms with Gasteiger partial charge in [-0.05, 0) is 42.2 Å². The molecule has 2 aromatic rings. The molecule has 0 saturated carbocycles. The lowest BCUT2D eigenvalue weighted by atomic mass is 10.1. The fraction of sp³-hybridized carbons (Fsp3) is 0.350. The third kappa shape index (κ3) is 5.37. The predicted octanol–water partition coefficient (Wildman–Crippen LogP) is 4.16. The number of nitrogens with zero attached hydrogens (tertiary/aromatic N) is 1. The highest BCUT2D eigenvalue weighted by Crippen LogP contribution is 2.28. The van der Waals surface area contributed by atoms with Crippen LogP contribution in [-0.4, -0.2) is 18.5 Å². The fourth-order valence-corrected chi connectivity index (χ4v) is 3.16. The average molecular weight is 396 g/mol. The van der Waals surface area contributed by atoms with Crippen LogP contribution in [0.5, 0.6) is 0 Å². The van der Waals surface area contributed by atoms with Gasteiger partial charge in [-0.1, -0.05) is 43.7 Å². The Bertz CT molecular complexity index is 706. The molecule has 1 aliphatic heterocycles. The van der Waals surface area contributed by atoms with Gasteiger partial charge in [-0.2, -0.15) is 0 Å². The molecule has 6 heteroatoms. The lowest BCUT2D eigenvalue weighted by Gasteiger charge is -2.19. The van der Waals surface area contributed by atoms with Crippen LogP contribution in [0.25, 0.3) is 0 Å². The monoisotopic (exact) mass is 395 g/mol. The van der Waals surface area contributed by atoms with Crippen molar-refractivity contribution in [1.29, 1.82) is 0 Å². The zero-order valence-electron chi connectivity index (χ0n) is 15.0. The van der Waals surface area contributed by atoms with E-state index in [4.69, 9.17) is 5.73 Å². The molecule has 0 bridgehead atoms. The highest BCUT2D eigenvalue weighted by atomic mass is 35.5. The van der Waals surface area contributed by atoms with Gasteiger partial charge in [-0.3, -0.25) is 4.79 Å². The number of halogens is 2. The van der Waals surface area contributed by atoms with Gasteiger partial charge in [-0.15, -0.1) is 24.8 Å². The maximum absolute atomic E-state index is 12.0. The van der Waals surface area contributed by atoms with Crippen LogP contribution in [0.2, 0.25) is 0 Å².